The fraction of sp³-hybridized carbons (Fsp3) is 0.600. The molecule has 0 amide bonds. The van der Waals surface area contributed by atoms with Crippen LogP contribution in [0, 0.1) is 11.7 Å². The average Bonchev–Trinajstić information content (AvgIpc) is 2.41. The maximum Gasteiger partial charge on any atom is 0.130 e. The number of rotatable bonds is 0. The lowest BCUT2D eigenvalue weighted by atomic mass is 9.63. The highest BCUT2D eigenvalue weighted by Crippen LogP contribution is 2.47. The third kappa shape index (κ3) is 1.57. The minimum absolute atomic E-state index is 0.0161. The second-order valence-electron chi connectivity index (χ2n) is 6.11. The molecule has 0 heterocycles. The molecule has 0 aromatic heterocycles. The maximum absolute atomic E-state index is 14.1. The first kappa shape index (κ1) is 12.0. The zero-order valence-corrected chi connectivity index (χ0v) is 10.7. The lowest BCUT2D eigenvalue weighted by molar-refractivity contribution is 0.250. The molecule has 3 rings (SSSR count). The van der Waals surface area contributed by atoms with E-state index >= 15 is 0 Å². The number of phenols is 1. The first-order valence-corrected chi connectivity index (χ1v) is 6.80. The smallest absolute Gasteiger partial charge is 0.130 e. The van der Waals surface area contributed by atoms with Crippen molar-refractivity contribution >= 4 is 0 Å². The molecule has 1 saturated carbocycles. The molecular formula is C15H20FNO. The average molecular weight is 249 g/mol. The largest absolute Gasteiger partial charge is 0.508 e. The summed E-state index contributed by atoms with van der Waals surface area (Å²) in [7, 11) is 0. The summed E-state index contributed by atoms with van der Waals surface area (Å²) in [4.78, 5) is 0. The minimum atomic E-state index is -0.268. The van der Waals surface area contributed by atoms with Gasteiger partial charge in [0.2, 0.25) is 0 Å². The van der Waals surface area contributed by atoms with Gasteiger partial charge in [-0.05, 0) is 42.4 Å². The van der Waals surface area contributed by atoms with E-state index in [2.05, 4.69) is 6.92 Å². The van der Waals surface area contributed by atoms with Crippen LogP contribution in [0.25, 0.3) is 0 Å². The van der Waals surface area contributed by atoms with Crippen LogP contribution in [0.3, 0.4) is 0 Å². The van der Waals surface area contributed by atoms with E-state index in [0.717, 1.165) is 36.8 Å². The van der Waals surface area contributed by atoms with Gasteiger partial charge in [-0.25, -0.2) is 4.39 Å². The summed E-state index contributed by atoms with van der Waals surface area (Å²) >= 11 is 0. The number of benzene rings is 1. The minimum Gasteiger partial charge on any atom is -0.508 e. The Hall–Kier alpha value is -1.09. The highest BCUT2D eigenvalue weighted by Gasteiger charge is 2.45. The molecule has 0 spiro atoms. The second-order valence-corrected chi connectivity index (χ2v) is 6.11. The Morgan fingerprint density at radius 2 is 2.17 bits per heavy atom. The van der Waals surface area contributed by atoms with Crippen LogP contribution in [0.5, 0.6) is 5.75 Å². The van der Waals surface area contributed by atoms with Crippen molar-refractivity contribution in [3.63, 3.8) is 0 Å². The van der Waals surface area contributed by atoms with Gasteiger partial charge in [0.25, 0.3) is 0 Å². The Balaban J connectivity index is 2.21. The summed E-state index contributed by atoms with van der Waals surface area (Å²) in [6.45, 7) is 2.13. The van der Waals surface area contributed by atoms with Crippen molar-refractivity contribution < 1.29 is 9.50 Å². The molecule has 98 valence electrons. The molecule has 1 aromatic carbocycles. The van der Waals surface area contributed by atoms with Crippen molar-refractivity contribution in [1.29, 1.82) is 0 Å². The topological polar surface area (TPSA) is 46.2 Å². The van der Waals surface area contributed by atoms with Gasteiger partial charge in [-0.15, -0.1) is 0 Å². The van der Waals surface area contributed by atoms with E-state index in [-0.39, 0.29) is 23.0 Å². The molecule has 2 aliphatic carbocycles. The van der Waals surface area contributed by atoms with Crippen LogP contribution in [0.4, 0.5) is 4.39 Å². The Labute approximate surface area is 107 Å². The Morgan fingerprint density at radius 3 is 2.94 bits per heavy atom. The number of hydrogen-bond donors (Lipinski definition) is 2. The van der Waals surface area contributed by atoms with Gasteiger partial charge in [-0.1, -0.05) is 19.8 Å². The van der Waals surface area contributed by atoms with Gasteiger partial charge in [0, 0.05) is 17.5 Å². The zero-order chi connectivity index (χ0) is 12.9. The molecular weight excluding hydrogens is 229 g/mol. The van der Waals surface area contributed by atoms with Gasteiger partial charge in [0.15, 0.2) is 0 Å². The molecule has 0 aliphatic heterocycles. The van der Waals surface area contributed by atoms with E-state index in [0.29, 0.717) is 5.92 Å². The summed E-state index contributed by atoms with van der Waals surface area (Å²) in [5, 5.41) is 9.66. The van der Waals surface area contributed by atoms with Crippen molar-refractivity contribution in [2.75, 3.05) is 0 Å². The van der Waals surface area contributed by atoms with Crippen molar-refractivity contribution in [3.05, 3.63) is 29.1 Å². The lowest BCUT2D eigenvalue weighted by Gasteiger charge is -2.44. The van der Waals surface area contributed by atoms with Crippen molar-refractivity contribution in [2.45, 2.75) is 50.5 Å². The highest BCUT2D eigenvalue weighted by atomic mass is 19.1. The van der Waals surface area contributed by atoms with Gasteiger partial charge < -0.3 is 10.8 Å². The summed E-state index contributed by atoms with van der Waals surface area (Å²) in [5.41, 5.74) is 7.96. The molecule has 2 bridgehead atoms. The summed E-state index contributed by atoms with van der Waals surface area (Å²) in [6, 6.07) is 3.03. The summed E-state index contributed by atoms with van der Waals surface area (Å²) in [6.07, 6.45) is 5.11. The molecule has 2 aliphatic rings. The molecule has 0 saturated heterocycles. The molecule has 1 fully saturated rings. The molecule has 3 N–H and O–H groups in total. The van der Waals surface area contributed by atoms with Gasteiger partial charge in [-0.2, -0.15) is 0 Å². The molecule has 0 radical (unpaired) electrons. The van der Waals surface area contributed by atoms with Crippen LogP contribution in [0.1, 0.15) is 43.7 Å². The summed E-state index contributed by atoms with van der Waals surface area (Å²) < 4.78 is 14.1. The SMILES string of the molecule is CC12CCCCC(Cc3c(F)cc(O)cc31)C2N. The van der Waals surface area contributed by atoms with Crippen molar-refractivity contribution in [2.24, 2.45) is 11.7 Å². The molecule has 3 heteroatoms. The summed E-state index contributed by atoms with van der Waals surface area (Å²) in [5.74, 6) is 0.126. The number of fused-ring (bicyclic) bond motifs is 4. The quantitative estimate of drug-likeness (QED) is 0.742. The van der Waals surface area contributed by atoms with Crippen LogP contribution in [-0.2, 0) is 11.8 Å². The third-order valence-electron chi connectivity index (χ3n) is 5.03. The zero-order valence-electron chi connectivity index (χ0n) is 10.7. The van der Waals surface area contributed by atoms with Crippen molar-refractivity contribution in [1.82, 2.24) is 0 Å². The van der Waals surface area contributed by atoms with E-state index in [1.165, 1.54) is 12.5 Å². The Morgan fingerprint density at radius 1 is 1.39 bits per heavy atom. The van der Waals surface area contributed by atoms with Crippen LogP contribution >= 0.6 is 0 Å². The number of halogens is 1. The second kappa shape index (κ2) is 3.95. The first-order valence-electron chi connectivity index (χ1n) is 6.80. The number of aromatic hydroxyl groups is 1. The molecule has 18 heavy (non-hydrogen) atoms. The molecule has 3 atom stereocenters. The van der Waals surface area contributed by atoms with E-state index in [9.17, 15) is 9.50 Å². The highest BCUT2D eigenvalue weighted by molar-refractivity contribution is 5.44. The monoisotopic (exact) mass is 249 g/mol. The molecule has 3 unspecified atom stereocenters. The predicted octanol–water partition coefficient (Wildman–Crippen LogP) is 2.86. The molecule has 2 nitrogen and oxygen atoms in total. The number of hydrogen-bond acceptors (Lipinski definition) is 2. The van der Waals surface area contributed by atoms with Gasteiger partial charge in [0.05, 0.1) is 0 Å². The van der Waals surface area contributed by atoms with Crippen LogP contribution in [-0.4, -0.2) is 11.1 Å². The normalized spacial score (nSPS) is 34.8. The Bertz CT molecular complexity index is 488. The fourth-order valence-corrected chi connectivity index (χ4v) is 3.91. The van der Waals surface area contributed by atoms with Crippen molar-refractivity contribution in [3.8, 4) is 5.75 Å². The third-order valence-corrected chi connectivity index (χ3v) is 5.03. The Kier molecular flexibility index (Phi) is 2.63. The van der Waals surface area contributed by atoms with Crippen LogP contribution < -0.4 is 5.73 Å². The van der Waals surface area contributed by atoms with E-state index in [4.69, 9.17) is 5.73 Å². The van der Waals surface area contributed by atoms with Crippen LogP contribution in [0.2, 0.25) is 0 Å². The van der Waals surface area contributed by atoms with Crippen LogP contribution in [0.15, 0.2) is 12.1 Å². The van der Waals surface area contributed by atoms with Gasteiger partial charge in [-0.3, -0.25) is 0 Å². The maximum atomic E-state index is 14.1. The van der Waals surface area contributed by atoms with E-state index < -0.39 is 0 Å². The molecule has 1 aromatic rings. The fourth-order valence-electron chi connectivity index (χ4n) is 3.91. The lowest BCUT2D eigenvalue weighted by Crippen LogP contribution is -2.51. The predicted molar refractivity (Wildman–Crippen MR) is 69.1 cm³/mol. The van der Waals surface area contributed by atoms with Gasteiger partial charge in [0.1, 0.15) is 11.6 Å². The number of phenolic OH excluding ortho intramolecular Hbond substituents is 1. The number of nitrogens with two attached hydrogens (primary N) is 1. The standard InChI is InChI=1S/C15H20FNO/c1-15-5-3-2-4-9(14(15)17)6-11-12(15)7-10(18)8-13(11)16/h7-9,14,18H,2-6,17H2,1H3. The van der Waals surface area contributed by atoms with E-state index in [1.54, 1.807) is 6.07 Å². The van der Waals surface area contributed by atoms with Gasteiger partial charge >= 0.3 is 0 Å². The first-order chi connectivity index (χ1) is 8.52. The van der Waals surface area contributed by atoms with E-state index in [1.807, 2.05) is 0 Å².